The smallest absolute Gasteiger partial charge is 0.0480 e. The Balaban J connectivity index is 1.59. The van der Waals surface area contributed by atoms with Crippen LogP contribution in [0.5, 0.6) is 0 Å². The molecule has 0 bridgehead atoms. The van der Waals surface area contributed by atoms with E-state index in [0.717, 1.165) is 32.2 Å². The van der Waals surface area contributed by atoms with Gasteiger partial charge in [-0.3, -0.25) is 4.90 Å². The van der Waals surface area contributed by atoms with Gasteiger partial charge in [0.25, 0.3) is 0 Å². The zero-order chi connectivity index (χ0) is 13.6. The van der Waals surface area contributed by atoms with Crippen LogP contribution in [0.1, 0.15) is 24.8 Å². The van der Waals surface area contributed by atoms with Crippen LogP contribution in [-0.2, 0) is 11.2 Å². The Morgan fingerprint density at radius 1 is 1.15 bits per heavy atom. The van der Waals surface area contributed by atoms with Crippen molar-refractivity contribution in [3.8, 4) is 0 Å². The standard InChI is InChI=1S/C17H26N2O/c1-2-5-15(6-3-1)13-16-14-19(10-4-9-18-16)17-7-11-20-12-8-17/h1-3,5-6,16-18H,4,7-14H2. The Bertz CT molecular complexity index is 389. The monoisotopic (exact) mass is 274 g/mol. The minimum atomic E-state index is 0.586. The summed E-state index contributed by atoms with van der Waals surface area (Å²) in [4.78, 5) is 2.70. The van der Waals surface area contributed by atoms with Crippen LogP contribution in [0.4, 0.5) is 0 Å². The Labute approximate surface area is 122 Å². The van der Waals surface area contributed by atoms with Gasteiger partial charge in [0.05, 0.1) is 0 Å². The number of nitrogens with zero attached hydrogens (tertiary/aromatic N) is 1. The van der Waals surface area contributed by atoms with Crippen molar-refractivity contribution in [2.75, 3.05) is 32.8 Å². The highest BCUT2D eigenvalue weighted by atomic mass is 16.5. The predicted octanol–water partition coefficient (Wildman–Crippen LogP) is 2.07. The van der Waals surface area contributed by atoms with E-state index in [4.69, 9.17) is 4.74 Å². The second-order valence-corrected chi connectivity index (χ2v) is 6.03. The van der Waals surface area contributed by atoms with Crippen molar-refractivity contribution in [1.82, 2.24) is 10.2 Å². The van der Waals surface area contributed by atoms with Crippen molar-refractivity contribution in [3.05, 3.63) is 35.9 Å². The molecule has 0 radical (unpaired) electrons. The summed E-state index contributed by atoms with van der Waals surface area (Å²) in [5.41, 5.74) is 1.44. The highest BCUT2D eigenvalue weighted by Crippen LogP contribution is 2.17. The lowest BCUT2D eigenvalue weighted by molar-refractivity contribution is 0.0335. The first-order chi connectivity index (χ1) is 9.92. The van der Waals surface area contributed by atoms with Crippen LogP contribution < -0.4 is 5.32 Å². The van der Waals surface area contributed by atoms with E-state index in [-0.39, 0.29) is 0 Å². The van der Waals surface area contributed by atoms with Crippen molar-refractivity contribution in [1.29, 1.82) is 0 Å². The van der Waals surface area contributed by atoms with Crippen LogP contribution in [0.2, 0.25) is 0 Å². The zero-order valence-corrected chi connectivity index (χ0v) is 12.3. The van der Waals surface area contributed by atoms with Gasteiger partial charge in [-0.2, -0.15) is 0 Å². The van der Waals surface area contributed by atoms with Crippen LogP contribution in [0.25, 0.3) is 0 Å². The van der Waals surface area contributed by atoms with Crippen LogP contribution in [0, 0.1) is 0 Å². The molecule has 1 aromatic carbocycles. The highest BCUT2D eigenvalue weighted by molar-refractivity contribution is 5.16. The molecule has 3 rings (SSSR count). The van der Waals surface area contributed by atoms with Gasteiger partial charge < -0.3 is 10.1 Å². The minimum Gasteiger partial charge on any atom is -0.381 e. The van der Waals surface area contributed by atoms with E-state index < -0.39 is 0 Å². The van der Waals surface area contributed by atoms with Gasteiger partial charge in [0.2, 0.25) is 0 Å². The zero-order valence-electron chi connectivity index (χ0n) is 12.3. The number of hydrogen-bond donors (Lipinski definition) is 1. The van der Waals surface area contributed by atoms with Gasteiger partial charge in [-0.1, -0.05) is 30.3 Å². The Morgan fingerprint density at radius 3 is 2.75 bits per heavy atom. The molecule has 0 amide bonds. The Hall–Kier alpha value is -0.900. The maximum absolute atomic E-state index is 5.50. The molecule has 2 aliphatic rings. The van der Waals surface area contributed by atoms with Gasteiger partial charge in [-0.05, 0) is 44.3 Å². The quantitative estimate of drug-likeness (QED) is 0.913. The average Bonchev–Trinajstić information content (AvgIpc) is 2.75. The van der Waals surface area contributed by atoms with E-state index >= 15 is 0 Å². The highest BCUT2D eigenvalue weighted by Gasteiger charge is 2.25. The lowest BCUT2D eigenvalue weighted by Gasteiger charge is -2.35. The van der Waals surface area contributed by atoms with E-state index in [1.54, 1.807) is 0 Å². The van der Waals surface area contributed by atoms with Crippen molar-refractivity contribution in [3.63, 3.8) is 0 Å². The fourth-order valence-electron chi connectivity index (χ4n) is 3.44. The van der Waals surface area contributed by atoms with E-state index in [1.165, 1.54) is 37.9 Å². The summed E-state index contributed by atoms with van der Waals surface area (Å²) in [6.07, 6.45) is 4.82. The maximum atomic E-state index is 5.50. The molecule has 0 aromatic heterocycles. The van der Waals surface area contributed by atoms with E-state index in [0.29, 0.717) is 6.04 Å². The second-order valence-electron chi connectivity index (χ2n) is 6.03. The van der Waals surface area contributed by atoms with Crippen molar-refractivity contribution in [2.24, 2.45) is 0 Å². The van der Waals surface area contributed by atoms with E-state index in [2.05, 4.69) is 40.5 Å². The summed E-state index contributed by atoms with van der Waals surface area (Å²) in [6.45, 7) is 5.45. The van der Waals surface area contributed by atoms with E-state index in [9.17, 15) is 0 Å². The van der Waals surface area contributed by atoms with Crippen molar-refractivity contribution < 1.29 is 4.74 Å². The fourth-order valence-corrected chi connectivity index (χ4v) is 3.44. The molecule has 0 aliphatic carbocycles. The van der Waals surface area contributed by atoms with Gasteiger partial charge in [-0.25, -0.2) is 0 Å². The topological polar surface area (TPSA) is 24.5 Å². The molecule has 3 nitrogen and oxygen atoms in total. The van der Waals surface area contributed by atoms with Crippen LogP contribution >= 0.6 is 0 Å². The summed E-state index contributed by atoms with van der Waals surface area (Å²) in [5, 5.41) is 3.73. The summed E-state index contributed by atoms with van der Waals surface area (Å²) >= 11 is 0. The molecule has 1 N–H and O–H groups in total. The number of ether oxygens (including phenoxy) is 1. The number of hydrogen-bond acceptors (Lipinski definition) is 3. The molecule has 1 aromatic rings. The number of rotatable bonds is 3. The van der Waals surface area contributed by atoms with Crippen LogP contribution in [-0.4, -0.2) is 49.8 Å². The molecule has 2 saturated heterocycles. The molecule has 3 heteroatoms. The largest absolute Gasteiger partial charge is 0.381 e. The van der Waals surface area contributed by atoms with Gasteiger partial charge in [-0.15, -0.1) is 0 Å². The third-order valence-electron chi connectivity index (χ3n) is 4.54. The summed E-state index contributed by atoms with van der Waals surface area (Å²) < 4.78 is 5.50. The number of benzene rings is 1. The lowest BCUT2D eigenvalue weighted by Crippen LogP contribution is -2.45. The Kier molecular flexibility index (Phi) is 5.06. The molecule has 110 valence electrons. The summed E-state index contributed by atoms with van der Waals surface area (Å²) in [6, 6.07) is 12.2. The first-order valence-electron chi connectivity index (χ1n) is 8.01. The van der Waals surface area contributed by atoms with E-state index in [1.807, 2.05) is 0 Å². The van der Waals surface area contributed by atoms with Gasteiger partial charge >= 0.3 is 0 Å². The molecule has 2 heterocycles. The maximum Gasteiger partial charge on any atom is 0.0480 e. The van der Waals surface area contributed by atoms with Gasteiger partial charge in [0.15, 0.2) is 0 Å². The first kappa shape index (κ1) is 14.1. The minimum absolute atomic E-state index is 0.586. The molecule has 2 aliphatic heterocycles. The van der Waals surface area contributed by atoms with Crippen molar-refractivity contribution >= 4 is 0 Å². The SMILES string of the molecule is c1ccc(CC2CN(C3CCOCC3)CCCN2)cc1. The third kappa shape index (κ3) is 3.81. The second kappa shape index (κ2) is 7.21. The first-order valence-corrected chi connectivity index (χ1v) is 8.01. The third-order valence-corrected chi connectivity index (χ3v) is 4.54. The van der Waals surface area contributed by atoms with Crippen LogP contribution in [0.3, 0.4) is 0 Å². The normalized spacial score (nSPS) is 26.3. The molecule has 20 heavy (non-hydrogen) atoms. The Morgan fingerprint density at radius 2 is 1.95 bits per heavy atom. The van der Waals surface area contributed by atoms with Crippen LogP contribution in [0.15, 0.2) is 30.3 Å². The fraction of sp³-hybridized carbons (Fsp3) is 0.647. The molecule has 0 spiro atoms. The van der Waals surface area contributed by atoms with Crippen molar-refractivity contribution in [2.45, 2.75) is 37.8 Å². The molecular formula is C17H26N2O. The average molecular weight is 274 g/mol. The number of nitrogens with one attached hydrogen (secondary N) is 1. The van der Waals surface area contributed by atoms with Gasteiger partial charge in [0.1, 0.15) is 0 Å². The molecule has 1 atom stereocenters. The summed E-state index contributed by atoms with van der Waals surface area (Å²) in [7, 11) is 0. The molecular weight excluding hydrogens is 248 g/mol. The lowest BCUT2D eigenvalue weighted by atomic mass is 10.0. The van der Waals surface area contributed by atoms with Gasteiger partial charge in [0, 0.05) is 31.8 Å². The predicted molar refractivity (Wildman–Crippen MR) is 82.0 cm³/mol. The summed E-state index contributed by atoms with van der Waals surface area (Å²) in [5.74, 6) is 0. The molecule has 0 saturated carbocycles. The molecule has 2 fully saturated rings. The molecule has 1 unspecified atom stereocenters.